The van der Waals surface area contributed by atoms with E-state index in [4.69, 9.17) is 4.98 Å². The second-order valence-corrected chi connectivity index (χ2v) is 6.19. The smallest absolute Gasteiger partial charge is 0.223 e. The standard InChI is InChI=1S/C18H24N4/c1-4-15(16-10-5-7-12(2)19-16)21-18-20-13(3)11-17(22-18)14-8-6-9-14/h5,7,10-11,14-15H,4,6,8-9H2,1-3H3,(H,20,21,22). The molecule has 0 bridgehead atoms. The molecule has 1 aliphatic rings. The number of hydrogen-bond donors (Lipinski definition) is 1. The van der Waals surface area contributed by atoms with Crippen LogP contribution in [0, 0.1) is 13.8 Å². The molecule has 0 radical (unpaired) electrons. The van der Waals surface area contributed by atoms with Crippen LogP contribution in [-0.4, -0.2) is 15.0 Å². The van der Waals surface area contributed by atoms with Crippen molar-refractivity contribution in [3.63, 3.8) is 0 Å². The van der Waals surface area contributed by atoms with Gasteiger partial charge in [-0.3, -0.25) is 4.98 Å². The highest BCUT2D eigenvalue weighted by atomic mass is 15.1. The molecule has 1 N–H and O–H groups in total. The van der Waals surface area contributed by atoms with Crippen molar-refractivity contribution in [1.29, 1.82) is 0 Å². The number of aromatic nitrogens is 3. The van der Waals surface area contributed by atoms with Gasteiger partial charge < -0.3 is 5.32 Å². The molecule has 0 saturated heterocycles. The fraction of sp³-hybridized carbons (Fsp3) is 0.500. The van der Waals surface area contributed by atoms with E-state index in [1.54, 1.807) is 0 Å². The van der Waals surface area contributed by atoms with E-state index in [9.17, 15) is 0 Å². The Labute approximate surface area is 132 Å². The normalized spacial score (nSPS) is 16.1. The number of nitrogens with one attached hydrogen (secondary N) is 1. The maximum Gasteiger partial charge on any atom is 0.223 e. The predicted molar refractivity (Wildman–Crippen MR) is 89.0 cm³/mol. The third-order valence-corrected chi connectivity index (χ3v) is 4.38. The Bertz CT molecular complexity index is 649. The van der Waals surface area contributed by atoms with Crippen LogP contribution in [0.4, 0.5) is 5.95 Å². The Balaban J connectivity index is 1.82. The summed E-state index contributed by atoms with van der Waals surface area (Å²) in [6.07, 6.45) is 4.78. The number of aryl methyl sites for hydroxylation is 2. The van der Waals surface area contributed by atoms with Gasteiger partial charge in [-0.1, -0.05) is 19.4 Å². The largest absolute Gasteiger partial charge is 0.346 e. The van der Waals surface area contributed by atoms with E-state index in [-0.39, 0.29) is 6.04 Å². The van der Waals surface area contributed by atoms with Gasteiger partial charge in [-0.2, -0.15) is 0 Å². The second kappa shape index (κ2) is 6.42. The summed E-state index contributed by atoms with van der Waals surface area (Å²) in [7, 11) is 0. The highest BCUT2D eigenvalue weighted by Crippen LogP contribution is 2.35. The molecular weight excluding hydrogens is 272 g/mol. The van der Waals surface area contributed by atoms with E-state index >= 15 is 0 Å². The maximum atomic E-state index is 4.74. The van der Waals surface area contributed by atoms with Gasteiger partial charge in [0.1, 0.15) is 0 Å². The summed E-state index contributed by atoms with van der Waals surface area (Å²) < 4.78 is 0. The summed E-state index contributed by atoms with van der Waals surface area (Å²) in [6, 6.07) is 8.42. The van der Waals surface area contributed by atoms with Crippen molar-refractivity contribution in [3.05, 3.63) is 47.0 Å². The number of pyridine rings is 1. The van der Waals surface area contributed by atoms with Crippen molar-refractivity contribution in [3.8, 4) is 0 Å². The van der Waals surface area contributed by atoms with E-state index < -0.39 is 0 Å². The lowest BCUT2D eigenvalue weighted by Crippen LogP contribution is -2.17. The monoisotopic (exact) mass is 296 g/mol. The molecular formula is C18H24N4. The van der Waals surface area contributed by atoms with Crippen molar-refractivity contribution < 1.29 is 0 Å². The van der Waals surface area contributed by atoms with Crippen LogP contribution in [0.5, 0.6) is 0 Å². The molecule has 4 heteroatoms. The topological polar surface area (TPSA) is 50.7 Å². The molecule has 116 valence electrons. The summed E-state index contributed by atoms with van der Waals surface area (Å²) in [5.74, 6) is 1.36. The fourth-order valence-electron chi connectivity index (χ4n) is 2.87. The number of rotatable bonds is 5. The molecule has 4 nitrogen and oxygen atoms in total. The first-order chi connectivity index (χ1) is 10.7. The Kier molecular flexibility index (Phi) is 4.36. The Morgan fingerprint density at radius 1 is 1.14 bits per heavy atom. The minimum absolute atomic E-state index is 0.149. The van der Waals surface area contributed by atoms with Crippen molar-refractivity contribution in [2.75, 3.05) is 5.32 Å². The van der Waals surface area contributed by atoms with Crippen LogP contribution in [0.2, 0.25) is 0 Å². The molecule has 1 aliphatic carbocycles. The minimum atomic E-state index is 0.149. The van der Waals surface area contributed by atoms with Gasteiger partial charge in [0.05, 0.1) is 11.7 Å². The molecule has 3 rings (SSSR count). The maximum absolute atomic E-state index is 4.74. The van der Waals surface area contributed by atoms with Crippen LogP contribution >= 0.6 is 0 Å². The Hall–Kier alpha value is -1.97. The molecule has 0 spiro atoms. The van der Waals surface area contributed by atoms with Crippen LogP contribution in [-0.2, 0) is 0 Å². The number of nitrogens with zero attached hydrogens (tertiary/aromatic N) is 3. The van der Waals surface area contributed by atoms with Crippen molar-refractivity contribution in [2.24, 2.45) is 0 Å². The molecule has 1 unspecified atom stereocenters. The molecule has 0 aromatic carbocycles. The van der Waals surface area contributed by atoms with Gasteiger partial charge in [0, 0.05) is 23.0 Å². The zero-order valence-electron chi connectivity index (χ0n) is 13.6. The van der Waals surface area contributed by atoms with E-state index in [1.165, 1.54) is 25.0 Å². The van der Waals surface area contributed by atoms with Crippen LogP contribution in [0.25, 0.3) is 0 Å². The predicted octanol–water partition coefficient (Wildman–Crippen LogP) is 4.32. The van der Waals surface area contributed by atoms with Gasteiger partial charge in [0.25, 0.3) is 0 Å². The van der Waals surface area contributed by atoms with Crippen LogP contribution in [0.1, 0.15) is 67.3 Å². The van der Waals surface area contributed by atoms with Gasteiger partial charge in [0.15, 0.2) is 0 Å². The summed E-state index contributed by atoms with van der Waals surface area (Å²) in [4.78, 5) is 13.9. The summed E-state index contributed by atoms with van der Waals surface area (Å²) in [6.45, 7) is 6.22. The average molecular weight is 296 g/mol. The first-order valence-corrected chi connectivity index (χ1v) is 8.21. The summed E-state index contributed by atoms with van der Waals surface area (Å²) in [5.41, 5.74) is 4.32. The van der Waals surface area contributed by atoms with Gasteiger partial charge in [0.2, 0.25) is 5.95 Å². The lowest BCUT2D eigenvalue weighted by atomic mass is 9.83. The van der Waals surface area contributed by atoms with E-state index in [0.29, 0.717) is 5.92 Å². The first kappa shape index (κ1) is 14.9. The molecule has 2 aromatic heterocycles. The van der Waals surface area contributed by atoms with E-state index in [0.717, 1.165) is 29.5 Å². The minimum Gasteiger partial charge on any atom is -0.346 e. The molecule has 1 fully saturated rings. The molecule has 1 saturated carbocycles. The molecule has 2 heterocycles. The van der Waals surface area contributed by atoms with E-state index in [2.05, 4.69) is 40.4 Å². The SMILES string of the molecule is CCC(Nc1nc(C)cc(C2CCC2)n1)c1cccc(C)n1. The third kappa shape index (κ3) is 3.26. The van der Waals surface area contributed by atoms with Crippen LogP contribution in [0.15, 0.2) is 24.3 Å². The zero-order chi connectivity index (χ0) is 15.5. The quantitative estimate of drug-likeness (QED) is 0.892. The van der Waals surface area contributed by atoms with Crippen molar-refractivity contribution >= 4 is 5.95 Å². The summed E-state index contributed by atoms with van der Waals surface area (Å²) in [5, 5.41) is 3.47. The van der Waals surface area contributed by atoms with E-state index in [1.807, 2.05) is 19.9 Å². The van der Waals surface area contributed by atoms with Crippen molar-refractivity contribution in [2.45, 2.75) is 58.4 Å². The second-order valence-electron chi connectivity index (χ2n) is 6.19. The highest BCUT2D eigenvalue weighted by Gasteiger charge is 2.22. The van der Waals surface area contributed by atoms with Gasteiger partial charge in [-0.15, -0.1) is 0 Å². The zero-order valence-corrected chi connectivity index (χ0v) is 13.6. The van der Waals surface area contributed by atoms with Gasteiger partial charge in [-0.05, 0) is 51.3 Å². The van der Waals surface area contributed by atoms with Gasteiger partial charge in [-0.25, -0.2) is 9.97 Å². The Morgan fingerprint density at radius 2 is 1.95 bits per heavy atom. The van der Waals surface area contributed by atoms with Crippen LogP contribution in [0.3, 0.4) is 0 Å². The Morgan fingerprint density at radius 3 is 2.59 bits per heavy atom. The van der Waals surface area contributed by atoms with Crippen molar-refractivity contribution in [1.82, 2.24) is 15.0 Å². The van der Waals surface area contributed by atoms with Gasteiger partial charge >= 0.3 is 0 Å². The molecule has 22 heavy (non-hydrogen) atoms. The highest BCUT2D eigenvalue weighted by molar-refractivity contribution is 5.33. The van der Waals surface area contributed by atoms with Crippen LogP contribution < -0.4 is 5.32 Å². The molecule has 0 aliphatic heterocycles. The molecule has 1 atom stereocenters. The molecule has 2 aromatic rings. The lowest BCUT2D eigenvalue weighted by Gasteiger charge is -2.25. The first-order valence-electron chi connectivity index (χ1n) is 8.21. The number of hydrogen-bond acceptors (Lipinski definition) is 4. The third-order valence-electron chi connectivity index (χ3n) is 4.38. The summed E-state index contributed by atoms with van der Waals surface area (Å²) >= 11 is 0. The lowest BCUT2D eigenvalue weighted by molar-refractivity contribution is 0.410. The molecule has 0 amide bonds. The fourth-order valence-corrected chi connectivity index (χ4v) is 2.87. The average Bonchev–Trinajstić information content (AvgIpc) is 2.42. The number of anilines is 1.